The summed E-state index contributed by atoms with van der Waals surface area (Å²) in [5.74, 6) is -6.96. The van der Waals surface area contributed by atoms with Gasteiger partial charge in [-0.25, -0.2) is 4.79 Å². The van der Waals surface area contributed by atoms with Crippen molar-refractivity contribution in [1.82, 2.24) is 36.8 Å². The fourth-order valence-corrected chi connectivity index (χ4v) is 8.55. The molecule has 0 aromatic rings. The minimum absolute atomic E-state index is 0.0161. The predicted molar refractivity (Wildman–Crippen MR) is 219 cm³/mol. The van der Waals surface area contributed by atoms with Crippen LogP contribution in [0.3, 0.4) is 0 Å². The van der Waals surface area contributed by atoms with Crippen LogP contribution < -0.4 is 43.4 Å². The van der Waals surface area contributed by atoms with Gasteiger partial charge in [0.2, 0.25) is 35.4 Å². The maximum Gasteiger partial charge on any atom is 0.407 e. The van der Waals surface area contributed by atoms with Gasteiger partial charge >= 0.3 is 12.1 Å². The minimum atomic E-state index is -1.77. The van der Waals surface area contributed by atoms with E-state index in [0.29, 0.717) is 31.8 Å². The molecule has 4 aliphatic rings. The summed E-state index contributed by atoms with van der Waals surface area (Å²) in [6, 6.07) is -5.59. The SMILES string of the molecule is COC1[C@H](OC(=O)NCC(=O)N[C@@H](CCCNC(=N)N)C(=O)NCC(=O)N[C@@H](CC(=O)O)C(=O)N[C@@H](CO)C(=O)N2CCCC2C(N)=O)CC[C@]2(CO2)[C@H]1[C@@]1(C)O[C@@H]1CCC(C)C. The molecule has 24 nitrogen and oxygen atoms in total. The van der Waals surface area contributed by atoms with Gasteiger partial charge in [0.25, 0.3) is 0 Å². The lowest BCUT2D eigenvalue weighted by atomic mass is 9.68. The zero-order valence-electron chi connectivity index (χ0n) is 36.2. The number of ether oxygens (including phenoxy) is 4. The van der Waals surface area contributed by atoms with Crippen LogP contribution in [0.15, 0.2) is 0 Å². The number of alkyl carbamates (subject to hydrolysis) is 1. The number of epoxide rings is 2. The van der Waals surface area contributed by atoms with Gasteiger partial charge in [0.05, 0.1) is 38.2 Å². The number of hydrogen-bond donors (Lipinski definition) is 11. The Hall–Kier alpha value is -5.33. The summed E-state index contributed by atoms with van der Waals surface area (Å²) in [5.41, 5.74) is 9.76. The molecular weight excluding hydrogens is 832 g/mol. The van der Waals surface area contributed by atoms with Crippen LogP contribution in [0, 0.1) is 17.2 Å². The third-order valence-corrected chi connectivity index (χ3v) is 11.9. The van der Waals surface area contributed by atoms with Gasteiger partial charge in [-0.15, -0.1) is 0 Å². The van der Waals surface area contributed by atoms with Gasteiger partial charge in [-0.05, 0) is 64.2 Å². The Kier molecular flexibility index (Phi) is 17.8. The van der Waals surface area contributed by atoms with Gasteiger partial charge in [0.15, 0.2) is 5.96 Å². The Bertz CT molecular complexity index is 1710. The van der Waals surface area contributed by atoms with Gasteiger partial charge in [0, 0.05) is 20.2 Å². The number of hydrogen-bond acceptors (Lipinski definition) is 14. The van der Waals surface area contributed by atoms with Gasteiger partial charge in [-0.3, -0.25) is 39.0 Å². The van der Waals surface area contributed by atoms with Crippen molar-refractivity contribution in [1.29, 1.82) is 5.41 Å². The number of nitrogens with two attached hydrogens (primary N) is 2. The van der Waals surface area contributed by atoms with E-state index >= 15 is 0 Å². The summed E-state index contributed by atoms with van der Waals surface area (Å²) in [6.45, 7) is 4.85. The first kappa shape index (κ1) is 50.3. The molecule has 0 radical (unpaired) electrons. The summed E-state index contributed by atoms with van der Waals surface area (Å²) < 4.78 is 23.9. The van der Waals surface area contributed by atoms with Crippen molar-refractivity contribution in [3.8, 4) is 0 Å². The molecule has 3 aliphatic heterocycles. The molecule has 1 saturated carbocycles. The molecule has 0 aromatic heterocycles. The van der Waals surface area contributed by atoms with Crippen LogP contribution in [-0.4, -0.2) is 169 Å². The van der Waals surface area contributed by atoms with Crippen molar-refractivity contribution in [2.45, 2.75) is 132 Å². The maximum atomic E-state index is 13.3. The van der Waals surface area contributed by atoms with Crippen LogP contribution >= 0.6 is 0 Å². The highest BCUT2D eigenvalue weighted by Crippen LogP contribution is 2.59. The molecule has 0 bridgehead atoms. The smallest absolute Gasteiger partial charge is 0.407 e. The monoisotopic (exact) mass is 896 g/mol. The van der Waals surface area contributed by atoms with E-state index in [1.807, 2.05) is 6.92 Å². The number of nitrogens with zero attached hydrogens (tertiary/aromatic N) is 1. The van der Waals surface area contributed by atoms with Crippen molar-refractivity contribution in [2.24, 2.45) is 23.3 Å². The molecule has 1 aliphatic carbocycles. The molecule has 2 unspecified atom stereocenters. The molecule has 0 aromatic carbocycles. The highest BCUT2D eigenvalue weighted by atomic mass is 16.6. The third kappa shape index (κ3) is 13.8. The maximum absolute atomic E-state index is 13.3. The van der Waals surface area contributed by atoms with E-state index in [0.717, 1.165) is 17.7 Å². The number of primary amides is 1. The molecule has 354 valence electrons. The van der Waals surface area contributed by atoms with Crippen molar-refractivity contribution in [3.63, 3.8) is 0 Å². The molecule has 3 heterocycles. The average Bonchev–Trinajstić information content (AvgIpc) is 4.07. The van der Waals surface area contributed by atoms with E-state index in [1.54, 1.807) is 7.11 Å². The van der Waals surface area contributed by atoms with Crippen molar-refractivity contribution >= 4 is 53.5 Å². The van der Waals surface area contributed by atoms with Crippen LogP contribution in [0.4, 0.5) is 4.79 Å². The number of nitrogens with one attached hydrogen (secondary N) is 7. The first-order chi connectivity index (χ1) is 29.7. The molecule has 7 amide bonds. The normalized spacial score (nSPS) is 27.3. The lowest BCUT2D eigenvalue weighted by Gasteiger charge is -2.42. The third-order valence-electron chi connectivity index (χ3n) is 11.9. The number of carbonyl (C=O) groups is 8. The van der Waals surface area contributed by atoms with Crippen LogP contribution in [0.1, 0.15) is 78.6 Å². The Morgan fingerprint density at radius 1 is 0.921 bits per heavy atom. The Morgan fingerprint density at radius 2 is 1.59 bits per heavy atom. The number of aliphatic hydroxyl groups excluding tert-OH is 1. The van der Waals surface area contributed by atoms with E-state index in [2.05, 4.69) is 45.7 Å². The van der Waals surface area contributed by atoms with Gasteiger partial charge in [0.1, 0.15) is 54.1 Å². The minimum Gasteiger partial charge on any atom is -0.481 e. The van der Waals surface area contributed by atoms with Crippen molar-refractivity contribution in [2.75, 3.05) is 46.5 Å². The molecule has 24 heteroatoms. The molecule has 10 atom stereocenters. The summed E-state index contributed by atoms with van der Waals surface area (Å²) in [7, 11) is 1.54. The zero-order valence-corrected chi connectivity index (χ0v) is 36.2. The molecule has 4 fully saturated rings. The second-order valence-electron chi connectivity index (χ2n) is 17.0. The van der Waals surface area contributed by atoms with Gasteiger partial charge in [-0.2, -0.15) is 0 Å². The summed E-state index contributed by atoms with van der Waals surface area (Å²) in [5, 5.41) is 40.8. The predicted octanol–water partition coefficient (Wildman–Crippen LogP) is -3.35. The highest BCUT2D eigenvalue weighted by Gasteiger charge is 2.72. The molecule has 4 rings (SSSR count). The molecule has 3 saturated heterocycles. The number of carboxylic acids is 1. The fourth-order valence-electron chi connectivity index (χ4n) is 8.55. The lowest BCUT2D eigenvalue weighted by molar-refractivity contribution is -0.143. The van der Waals surface area contributed by atoms with Gasteiger partial charge < -0.3 is 77.4 Å². The number of rotatable bonds is 24. The number of aliphatic carboxylic acids is 1. The number of carbonyl (C=O) groups excluding carboxylic acids is 7. The summed E-state index contributed by atoms with van der Waals surface area (Å²) in [4.78, 5) is 103. The second-order valence-corrected chi connectivity index (χ2v) is 17.0. The lowest BCUT2D eigenvalue weighted by Crippen LogP contribution is -2.58. The molecule has 1 spiro atoms. The van der Waals surface area contributed by atoms with Crippen molar-refractivity contribution in [3.05, 3.63) is 0 Å². The second kappa shape index (κ2) is 22.3. The Morgan fingerprint density at radius 3 is 2.17 bits per heavy atom. The van der Waals surface area contributed by atoms with Crippen LogP contribution in [0.25, 0.3) is 0 Å². The number of likely N-dealkylation sites (tertiary alicyclic amines) is 1. The molecular formula is C39H64N10O14. The van der Waals surface area contributed by atoms with Crippen LogP contribution in [0.5, 0.6) is 0 Å². The first-order valence-electron chi connectivity index (χ1n) is 21.2. The van der Waals surface area contributed by atoms with Crippen molar-refractivity contribution < 1.29 is 67.5 Å². The number of methoxy groups -OCH3 is 1. The van der Waals surface area contributed by atoms with E-state index in [9.17, 15) is 48.6 Å². The van der Waals surface area contributed by atoms with Gasteiger partial charge in [-0.1, -0.05) is 13.8 Å². The topological polar surface area (TPSA) is 372 Å². The molecule has 63 heavy (non-hydrogen) atoms. The molecule has 13 N–H and O–H groups in total. The highest BCUT2D eigenvalue weighted by molar-refractivity contribution is 5.97. The standard InChI is InChI=1S/C39H64N10O14/c1-20(2)9-10-26-38(3,63-26)31-30(60-4)25(11-12-39(31)19-61-39)62-37(59)45-17-28(52)46-21(7-5-13-43-36(41)42)33(56)44-16-27(51)47-22(15-29(53)54)34(57)48-23(18-50)35(58)49-14-6-8-24(49)32(40)55/h20-26,30-31,50H,5-19H2,1-4H3,(H2,40,55)(H,44,56)(H,45,59)(H,46,52)(H,47,51)(H,48,57)(H,53,54)(H4,41,42,43)/t21-,22-,23-,24?,25+,26+,30?,31+,38-,39-/m0/s1. The van der Waals surface area contributed by atoms with E-state index in [4.69, 9.17) is 35.8 Å². The summed E-state index contributed by atoms with van der Waals surface area (Å²) >= 11 is 0. The van der Waals surface area contributed by atoms with E-state index < -0.39 is 121 Å². The quantitative estimate of drug-likeness (QED) is 0.0195. The number of carboxylic acid groups (broad SMARTS) is 1. The number of guanidine groups is 1. The zero-order chi connectivity index (χ0) is 46.6. The Labute approximate surface area is 364 Å². The summed E-state index contributed by atoms with van der Waals surface area (Å²) in [6.07, 6.45) is 0.806. The Balaban J connectivity index is 1.31. The largest absolute Gasteiger partial charge is 0.481 e. The average molecular weight is 897 g/mol. The fraction of sp³-hybridized carbons (Fsp3) is 0.769. The van der Waals surface area contributed by atoms with Crippen LogP contribution in [0.2, 0.25) is 0 Å². The first-order valence-corrected chi connectivity index (χ1v) is 21.2. The van der Waals surface area contributed by atoms with Crippen LogP contribution in [-0.2, 0) is 52.5 Å². The number of amides is 7. The number of aliphatic hydroxyl groups is 1. The van der Waals surface area contributed by atoms with E-state index in [1.165, 1.54) is 0 Å². The van der Waals surface area contributed by atoms with E-state index in [-0.39, 0.29) is 50.3 Å².